The topological polar surface area (TPSA) is 88.2 Å². The van der Waals surface area contributed by atoms with E-state index in [4.69, 9.17) is 0 Å². The molecule has 1 heterocycles. The van der Waals surface area contributed by atoms with Gasteiger partial charge in [0.05, 0.1) is 22.3 Å². The highest BCUT2D eigenvalue weighted by Gasteiger charge is 2.16. The highest BCUT2D eigenvalue weighted by atomic mass is 32.2. The predicted molar refractivity (Wildman–Crippen MR) is 117 cm³/mol. The van der Waals surface area contributed by atoms with E-state index in [0.717, 1.165) is 16.5 Å². The molecule has 0 atom stereocenters. The summed E-state index contributed by atoms with van der Waals surface area (Å²) in [5, 5.41) is 3.67. The molecule has 3 aromatic carbocycles. The number of carbonyl (C=O) groups excluding carboxylic acids is 1. The molecule has 1 aromatic heterocycles. The summed E-state index contributed by atoms with van der Waals surface area (Å²) >= 11 is 0. The second-order valence-electron chi connectivity index (χ2n) is 6.71. The average molecular weight is 417 g/mol. The molecule has 0 aliphatic heterocycles. The molecule has 0 saturated heterocycles. The first kappa shape index (κ1) is 19.8. The number of hydrogen-bond acceptors (Lipinski definition) is 4. The van der Waals surface area contributed by atoms with Gasteiger partial charge in [0.1, 0.15) is 0 Å². The van der Waals surface area contributed by atoms with Crippen molar-refractivity contribution in [2.75, 3.05) is 5.32 Å². The number of hydrogen-bond donors (Lipinski definition) is 2. The van der Waals surface area contributed by atoms with Crippen LogP contribution in [0.2, 0.25) is 0 Å². The van der Waals surface area contributed by atoms with Gasteiger partial charge in [0.25, 0.3) is 5.91 Å². The molecular weight excluding hydrogens is 398 g/mol. The number of nitrogens with one attached hydrogen (secondary N) is 2. The van der Waals surface area contributed by atoms with Gasteiger partial charge >= 0.3 is 0 Å². The Morgan fingerprint density at radius 3 is 2.47 bits per heavy atom. The van der Waals surface area contributed by atoms with Gasteiger partial charge in [-0.3, -0.25) is 9.78 Å². The normalized spacial score (nSPS) is 11.3. The summed E-state index contributed by atoms with van der Waals surface area (Å²) < 4.78 is 27.8. The SMILES string of the molecule is O=C(Nc1cnc2ccccc2c1)c1cccc(S(=O)(=O)NCc2ccccc2)c1. The Kier molecular flexibility index (Phi) is 5.56. The van der Waals surface area contributed by atoms with Gasteiger partial charge < -0.3 is 5.32 Å². The van der Waals surface area contributed by atoms with Crippen molar-refractivity contribution in [3.63, 3.8) is 0 Å². The Balaban J connectivity index is 1.50. The van der Waals surface area contributed by atoms with Crippen molar-refractivity contribution in [2.45, 2.75) is 11.4 Å². The number of carbonyl (C=O) groups is 1. The highest BCUT2D eigenvalue weighted by Crippen LogP contribution is 2.18. The van der Waals surface area contributed by atoms with E-state index >= 15 is 0 Å². The van der Waals surface area contributed by atoms with E-state index in [9.17, 15) is 13.2 Å². The van der Waals surface area contributed by atoms with Gasteiger partial charge in [-0.2, -0.15) is 0 Å². The van der Waals surface area contributed by atoms with Gasteiger partial charge in [-0.15, -0.1) is 0 Å². The number of amides is 1. The minimum atomic E-state index is -3.76. The molecule has 0 radical (unpaired) electrons. The van der Waals surface area contributed by atoms with Crippen LogP contribution in [0.3, 0.4) is 0 Å². The Labute approximate surface area is 174 Å². The van der Waals surface area contributed by atoms with Crippen LogP contribution in [0.15, 0.2) is 96.0 Å². The van der Waals surface area contributed by atoms with E-state index < -0.39 is 15.9 Å². The third-order valence-electron chi connectivity index (χ3n) is 4.56. The minimum Gasteiger partial charge on any atom is -0.321 e. The summed E-state index contributed by atoms with van der Waals surface area (Å²) in [5.74, 6) is -0.410. The van der Waals surface area contributed by atoms with Crippen LogP contribution in [-0.2, 0) is 16.6 Å². The summed E-state index contributed by atoms with van der Waals surface area (Å²) in [6.45, 7) is 0.169. The van der Waals surface area contributed by atoms with Crippen molar-refractivity contribution in [2.24, 2.45) is 0 Å². The van der Waals surface area contributed by atoms with E-state index in [2.05, 4.69) is 15.0 Å². The number of fused-ring (bicyclic) bond motifs is 1. The fourth-order valence-corrected chi connectivity index (χ4v) is 4.07. The van der Waals surface area contributed by atoms with Crippen LogP contribution in [0.5, 0.6) is 0 Å². The molecule has 0 aliphatic rings. The predicted octanol–water partition coefficient (Wildman–Crippen LogP) is 3.97. The number of rotatable bonds is 6. The Hall–Kier alpha value is -3.55. The third-order valence-corrected chi connectivity index (χ3v) is 5.96. The maximum atomic E-state index is 12.7. The van der Waals surface area contributed by atoms with Gasteiger partial charge in [0.15, 0.2) is 0 Å². The van der Waals surface area contributed by atoms with Gasteiger partial charge in [-0.1, -0.05) is 54.6 Å². The Morgan fingerprint density at radius 1 is 0.867 bits per heavy atom. The van der Waals surface area contributed by atoms with E-state index in [1.54, 1.807) is 18.3 Å². The molecule has 0 unspecified atom stereocenters. The van der Waals surface area contributed by atoms with E-state index in [-0.39, 0.29) is 17.0 Å². The minimum absolute atomic E-state index is 0.0303. The Morgan fingerprint density at radius 2 is 1.63 bits per heavy atom. The molecule has 6 nitrogen and oxygen atoms in total. The van der Waals surface area contributed by atoms with Crippen LogP contribution in [0.4, 0.5) is 5.69 Å². The lowest BCUT2D eigenvalue weighted by Gasteiger charge is -2.09. The molecule has 4 rings (SSSR count). The maximum Gasteiger partial charge on any atom is 0.255 e. The largest absolute Gasteiger partial charge is 0.321 e. The van der Waals surface area contributed by atoms with Crippen LogP contribution in [0.1, 0.15) is 15.9 Å². The first-order valence-electron chi connectivity index (χ1n) is 9.31. The monoisotopic (exact) mass is 417 g/mol. The van der Waals surface area contributed by atoms with Crippen molar-refractivity contribution in [1.82, 2.24) is 9.71 Å². The second-order valence-corrected chi connectivity index (χ2v) is 8.48. The third kappa shape index (κ3) is 4.53. The van der Waals surface area contributed by atoms with Gasteiger partial charge in [0, 0.05) is 17.5 Å². The number of nitrogens with zero attached hydrogens (tertiary/aromatic N) is 1. The quantitative estimate of drug-likeness (QED) is 0.497. The fraction of sp³-hybridized carbons (Fsp3) is 0.0435. The van der Waals surface area contributed by atoms with Crippen LogP contribution >= 0.6 is 0 Å². The molecule has 2 N–H and O–H groups in total. The standard InChI is InChI=1S/C23H19N3O3S/c27-23(26-20-13-18-9-4-5-12-22(18)24-16-20)19-10-6-11-21(14-19)30(28,29)25-15-17-7-2-1-3-8-17/h1-14,16,25H,15H2,(H,26,27). The number of para-hydroxylation sites is 1. The Bertz CT molecular complexity index is 1310. The molecule has 7 heteroatoms. The summed E-state index contributed by atoms with van der Waals surface area (Å²) in [6, 6.07) is 24.6. The molecule has 0 aliphatic carbocycles. The number of sulfonamides is 1. The smallest absolute Gasteiger partial charge is 0.255 e. The summed E-state index contributed by atoms with van der Waals surface area (Å²) in [4.78, 5) is 17.0. The first-order chi connectivity index (χ1) is 14.5. The van der Waals surface area contributed by atoms with Crippen molar-refractivity contribution in [1.29, 1.82) is 0 Å². The molecule has 0 bridgehead atoms. The number of pyridine rings is 1. The number of benzene rings is 3. The molecule has 1 amide bonds. The van der Waals surface area contributed by atoms with Crippen LogP contribution in [-0.4, -0.2) is 19.3 Å². The molecule has 0 saturated carbocycles. The van der Waals surface area contributed by atoms with E-state index in [0.29, 0.717) is 5.69 Å². The lowest BCUT2D eigenvalue weighted by molar-refractivity contribution is 0.102. The highest BCUT2D eigenvalue weighted by molar-refractivity contribution is 7.89. The summed E-state index contributed by atoms with van der Waals surface area (Å²) in [7, 11) is -3.76. The summed E-state index contributed by atoms with van der Waals surface area (Å²) in [6.07, 6.45) is 1.57. The molecule has 150 valence electrons. The molecule has 30 heavy (non-hydrogen) atoms. The molecule has 0 spiro atoms. The lowest BCUT2D eigenvalue weighted by atomic mass is 10.2. The van der Waals surface area contributed by atoms with Crippen LogP contribution in [0.25, 0.3) is 10.9 Å². The van der Waals surface area contributed by atoms with Gasteiger partial charge in [-0.05, 0) is 35.9 Å². The van der Waals surface area contributed by atoms with Crippen molar-refractivity contribution in [3.8, 4) is 0 Å². The van der Waals surface area contributed by atoms with Crippen molar-refractivity contribution < 1.29 is 13.2 Å². The van der Waals surface area contributed by atoms with E-state index in [1.807, 2.05) is 60.7 Å². The molecular formula is C23H19N3O3S. The van der Waals surface area contributed by atoms with Crippen LogP contribution in [0, 0.1) is 0 Å². The number of anilines is 1. The number of aromatic nitrogens is 1. The van der Waals surface area contributed by atoms with Gasteiger partial charge in [-0.25, -0.2) is 13.1 Å². The first-order valence-corrected chi connectivity index (χ1v) is 10.8. The molecule has 0 fully saturated rings. The van der Waals surface area contributed by atoms with E-state index in [1.165, 1.54) is 12.1 Å². The average Bonchev–Trinajstić information content (AvgIpc) is 2.78. The second kappa shape index (κ2) is 8.44. The lowest BCUT2D eigenvalue weighted by Crippen LogP contribution is -2.23. The van der Waals surface area contributed by atoms with Crippen molar-refractivity contribution in [3.05, 3.63) is 102 Å². The van der Waals surface area contributed by atoms with Crippen LogP contribution < -0.4 is 10.0 Å². The fourth-order valence-electron chi connectivity index (χ4n) is 3.00. The zero-order valence-electron chi connectivity index (χ0n) is 15.9. The van der Waals surface area contributed by atoms with Gasteiger partial charge in [0.2, 0.25) is 10.0 Å². The molecule has 4 aromatic rings. The maximum absolute atomic E-state index is 12.7. The zero-order valence-corrected chi connectivity index (χ0v) is 16.8. The van der Waals surface area contributed by atoms with Crippen molar-refractivity contribution >= 4 is 32.5 Å². The zero-order chi connectivity index (χ0) is 21.0. The summed E-state index contributed by atoms with van der Waals surface area (Å²) in [5.41, 5.74) is 2.45.